The molecule has 5 heteroatoms. The van der Waals surface area contributed by atoms with Crippen molar-refractivity contribution >= 4 is 0 Å². The third kappa shape index (κ3) is 2.02. The predicted molar refractivity (Wildman–Crippen MR) is 42.2 cm³/mol. The fourth-order valence-electron chi connectivity index (χ4n) is 0.780. The highest BCUT2D eigenvalue weighted by molar-refractivity contribution is 4.89. The largest absolute Gasteiger partial charge is 0.377 e. The first-order valence-corrected chi connectivity index (χ1v) is 3.85. The highest BCUT2D eigenvalue weighted by Gasteiger charge is 2.11. The molecule has 1 aromatic heterocycles. The normalized spacial score (nSPS) is 13.2. The maximum absolute atomic E-state index is 5.67. The summed E-state index contributed by atoms with van der Waals surface area (Å²) in [6.45, 7) is 2.32. The van der Waals surface area contributed by atoms with Crippen LogP contribution in [0.1, 0.15) is 31.1 Å². The van der Waals surface area contributed by atoms with Crippen LogP contribution in [-0.2, 0) is 11.3 Å². The summed E-state index contributed by atoms with van der Waals surface area (Å²) in [5.74, 6) is 1.01. The molecule has 0 bridgehead atoms. The van der Waals surface area contributed by atoms with Crippen LogP contribution in [0.5, 0.6) is 0 Å². The first-order chi connectivity index (χ1) is 5.77. The third-order valence-electron chi connectivity index (χ3n) is 1.51. The first kappa shape index (κ1) is 9.15. The maximum Gasteiger partial charge on any atom is 0.243 e. The van der Waals surface area contributed by atoms with Gasteiger partial charge in [-0.25, -0.2) is 0 Å². The Bertz CT molecular complexity index is 236. The number of hydrogen-bond donors (Lipinski definition) is 1. The van der Waals surface area contributed by atoms with E-state index in [1.54, 1.807) is 7.11 Å². The van der Waals surface area contributed by atoms with Gasteiger partial charge in [-0.1, -0.05) is 12.1 Å². The van der Waals surface area contributed by atoms with Gasteiger partial charge in [-0.2, -0.15) is 4.98 Å². The fourth-order valence-corrected chi connectivity index (χ4v) is 0.780. The molecule has 1 aromatic rings. The summed E-state index contributed by atoms with van der Waals surface area (Å²) >= 11 is 0. The van der Waals surface area contributed by atoms with E-state index in [-0.39, 0.29) is 6.04 Å². The molecule has 5 nitrogen and oxygen atoms in total. The van der Waals surface area contributed by atoms with Gasteiger partial charge in [0.25, 0.3) is 0 Å². The number of nitrogens with two attached hydrogens (primary N) is 1. The lowest BCUT2D eigenvalue weighted by molar-refractivity contribution is 0.174. The Hall–Kier alpha value is -0.940. The average molecular weight is 171 g/mol. The van der Waals surface area contributed by atoms with E-state index < -0.39 is 0 Å². The van der Waals surface area contributed by atoms with E-state index in [9.17, 15) is 0 Å². The van der Waals surface area contributed by atoms with Gasteiger partial charge in [-0.15, -0.1) is 0 Å². The summed E-state index contributed by atoms with van der Waals surface area (Å²) in [5, 5.41) is 3.68. The highest BCUT2D eigenvalue weighted by Crippen LogP contribution is 2.10. The van der Waals surface area contributed by atoms with Gasteiger partial charge in [0.2, 0.25) is 5.89 Å². The van der Waals surface area contributed by atoms with Crippen LogP contribution < -0.4 is 5.73 Å². The summed E-state index contributed by atoms with van der Waals surface area (Å²) in [6.07, 6.45) is 0.786. The molecule has 0 aliphatic heterocycles. The van der Waals surface area contributed by atoms with E-state index in [4.69, 9.17) is 15.0 Å². The molecule has 0 unspecified atom stereocenters. The molecule has 1 rings (SSSR count). The van der Waals surface area contributed by atoms with E-state index in [0.717, 1.165) is 6.42 Å². The molecule has 0 saturated heterocycles. The molecule has 12 heavy (non-hydrogen) atoms. The van der Waals surface area contributed by atoms with Crippen molar-refractivity contribution in [3.05, 3.63) is 11.7 Å². The molecular formula is C7H13N3O2. The predicted octanol–water partition coefficient (Wildman–Crippen LogP) is 0.626. The van der Waals surface area contributed by atoms with Crippen LogP contribution >= 0.6 is 0 Å². The molecule has 1 heterocycles. The minimum Gasteiger partial charge on any atom is -0.377 e. The van der Waals surface area contributed by atoms with Gasteiger partial charge in [-0.05, 0) is 6.42 Å². The van der Waals surface area contributed by atoms with Crippen LogP contribution in [0.2, 0.25) is 0 Å². The van der Waals surface area contributed by atoms with E-state index >= 15 is 0 Å². The van der Waals surface area contributed by atoms with Gasteiger partial charge in [0, 0.05) is 7.11 Å². The SMILES string of the molecule is CC[C@H](N)c1nc(COC)no1. The number of rotatable bonds is 4. The molecular weight excluding hydrogens is 158 g/mol. The van der Waals surface area contributed by atoms with Gasteiger partial charge in [0.15, 0.2) is 5.82 Å². The molecule has 0 aliphatic rings. The maximum atomic E-state index is 5.67. The molecule has 0 spiro atoms. The van der Waals surface area contributed by atoms with Gasteiger partial charge in [-0.3, -0.25) is 0 Å². The number of aromatic nitrogens is 2. The number of ether oxygens (including phenoxy) is 1. The Kier molecular flexibility index (Phi) is 3.19. The molecule has 68 valence electrons. The molecule has 0 saturated carbocycles. The molecule has 2 N–H and O–H groups in total. The van der Waals surface area contributed by atoms with Crippen molar-refractivity contribution in [1.82, 2.24) is 10.1 Å². The Morgan fingerprint density at radius 1 is 1.67 bits per heavy atom. The zero-order valence-electron chi connectivity index (χ0n) is 7.28. The number of nitrogens with zero attached hydrogens (tertiary/aromatic N) is 2. The standard InChI is InChI=1S/C7H13N3O2/c1-3-5(8)7-9-6(4-11-2)10-12-7/h5H,3-4,8H2,1-2H3/t5-/m0/s1. The van der Waals surface area contributed by atoms with Crippen LogP contribution in [0.4, 0.5) is 0 Å². The molecule has 1 atom stereocenters. The molecule has 0 aliphatic carbocycles. The molecule has 0 fully saturated rings. The van der Waals surface area contributed by atoms with E-state index in [1.807, 2.05) is 6.92 Å². The van der Waals surface area contributed by atoms with Crippen molar-refractivity contribution in [2.45, 2.75) is 26.0 Å². The summed E-state index contributed by atoms with van der Waals surface area (Å²) < 4.78 is 9.73. The van der Waals surface area contributed by atoms with Crippen LogP contribution in [0, 0.1) is 0 Å². The van der Waals surface area contributed by atoms with Crippen molar-refractivity contribution in [2.24, 2.45) is 5.73 Å². The third-order valence-corrected chi connectivity index (χ3v) is 1.51. The Labute approximate surface area is 70.9 Å². The Morgan fingerprint density at radius 3 is 3.00 bits per heavy atom. The smallest absolute Gasteiger partial charge is 0.243 e. The highest BCUT2D eigenvalue weighted by atomic mass is 16.5. The van der Waals surface area contributed by atoms with E-state index in [1.165, 1.54) is 0 Å². The second-order valence-electron chi connectivity index (χ2n) is 2.50. The van der Waals surface area contributed by atoms with Gasteiger partial charge < -0.3 is 15.0 Å². The second kappa shape index (κ2) is 4.18. The lowest BCUT2D eigenvalue weighted by Crippen LogP contribution is -2.08. The van der Waals surface area contributed by atoms with Gasteiger partial charge in [0.05, 0.1) is 6.04 Å². The number of methoxy groups -OCH3 is 1. The van der Waals surface area contributed by atoms with Crippen molar-refractivity contribution in [3.63, 3.8) is 0 Å². The topological polar surface area (TPSA) is 74.2 Å². The average Bonchev–Trinajstić information content (AvgIpc) is 2.52. The monoisotopic (exact) mass is 171 g/mol. The lowest BCUT2D eigenvalue weighted by Gasteiger charge is -1.98. The Balaban J connectivity index is 2.63. The van der Waals surface area contributed by atoms with Crippen LogP contribution in [0.3, 0.4) is 0 Å². The zero-order valence-corrected chi connectivity index (χ0v) is 7.28. The molecule has 0 radical (unpaired) electrons. The van der Waals surface area contributed by atoms with Crippen LogP contribution in [0.25, 0.3) is 0 Å². The van der Waals surface area contributed by atoms with Crippen molar-refractivity contribution in [1.29, 1.82) is 0 Å². The second-order valence-corrected chi connectivity index (χ2v) is 2.50. The summed E-state index contributed by atoms with van der Waals surface area (Å²) in [5.41, 5.74) is 5.67. The lowest BCUT2D eigenvalue weighted by atomic mass is 10.2. The summed E-state index contributed by atoms with van der Waals surface area (Å²) in [7, 11) is 1.58. The first-order valence-electron chi connectivity index (χ1n) is 3.85. The van der Waals surface area contributed by atoms with Crippen LogP contribution in [0.15, 0.2) is 4.52 Å². The van der Waals surface area contributed by atoms with Crippen molar-refractivity contribution < 1.29 is 9.26 Å². The minimum absolute atomic E-state index is 0.164. The van der Waals surface area contributed by atoms with Gasteiger partial charge >= 0.3 is 0 Å². The van der Waals surface area contributed by atoms with Crippen molar-refractivity contribution in [3.8, 4) is 0 Å². The van der Waals surface area contributed by atoms with Gasteiger partial charge in [0.1, 0.15) is 6.61 Å². The van der Waals surface area contributed by atoms with Crippen LogP contribution in [-0.4, -0.2) is 17.3 Å². The quantitative estimate of drug-likeness (QED) is 0.719. The zero-order chi connectivity index (χ0) is 8.97. The summed E-state index contributed by atoms with van der Waals surface area (Å²) in [6, 6.07) is -0.164. The molecule has 0 amide bonds. The number of hydrogen-bond acceptors (Lipinski definition) is 5. The summed E-state index contributed by atoms with van der Waals surface area (Å²) in [4.78, 5) is 4.04. The van der Waals surface area contributed by atoms with E-state index in [2.05, 4.69) is 10.1 Å². The Morgan fingerprint density at radius 2 is 2.42 bits per heavy atom. The molecule has 0 aromatic carbocycles. The van der Waals surface area contributed by atoms with Crippen molar-refractivity contribution in [2.75, 3.05) is 7.11 Å². The van der Waals surface area contributed by atoms with E-state index in [0.29, 0.717) is 18.3 Å². The fraction of sp³-hybridized carbons (Fsp3) is 0.714. The minimum atomic E-state index is -0.164.